The van der Waals surface area contributed by atoms with Gasteiger partial charge in [0.1, 0.15) is 0 Å². The number of hydrogen-bond acceptors (Lipinski definition) is 6. The highest BCUT2D eigenvalue weighted by molar-refractivity contribution is 5.94. The number of carbonyl (C=O) groups excluding carboxylic acids is 1. The van der Waals surface area contributed by atoms with E-state index in [1.54, 1.807) is 0 Å². The second-order valence-electron chi connectivity index (χ2n) is 7.89. The lowest BCUT2D eigenvalue weighted by Crippen LogP contribution is -2.51. The van der Waals surface area contributed by atoms with Gasteiger partial charge in [0.15, 0.2) is 0 Å². The quantitative estimate of drug-likeness (QED) is 0.660. The van der Waals surface area contributed by atoms with Gasteiger partial charge in [0.25, 0.3) is 5.91 Å². The lowest BCUT2D eigenvalue weighted by atomic mass is 10.1. The molecule has 2 unspecified atom stereocenters. The van der Waals surface area contributed by atoms with E-state index in [1.165, 1.54) is 0 Å². The highest BCUT2D eigenvalue weighted by Gasteiger charge is 2.27. The van der Waals surface area contributed by atoms with Crippen molar-refractivity contribution >= 4 is 5.91 Å². The molecule has 7 heteroatoms. The highest BCUT2D eigenvalue weighted by Crippen LogP contribution is 2.12. The number of ether oxygens (including phenoxy) is 2. The minimum absolute atomic E-state index is 0.0369. The number of carbonyl (C=O) groups is 1. The SMILES string of the molecule is CCC(O)CN1CCOC(CN(CCN2CCOCC2)C(=O)c2ccccc2)C1. The fourth-order valence-corrected chi connectivity index (χ4v) is 3.86. The minimum Gasteiger partial charge on any atom is -0.392 e. The van der Waals surface area contributed by atoms with Crippen LogP contribution < -0.4 is 0 Å². The highest BCUT2D eigenvalue weighted by atomic mass is 16.5. The average Bonchev–Trinajstić information content (AvgIpc) is 2.77. The van der Waals surface area contributed by atoms with Crippen molar-refractivity contribution < 1.29 is 19.4 Å². The Bertz CT molecular complexity index is 609. The predicted molar refractivity (Wildman–Crippen MR) is 112 cm³/mol. The zero-order chi connectivity index (χ0) is 20.5. The van der Waals surface area contributed by atoms with Gasteiger partial charge in [-0.1, -0.05) is 25.1 Å². The van der Waals surface area contributed by atoms with Crippen molar-refractivity contribution in [2.24, 2.45) is 0 Å². The van der Waals surface area contributed by atoms with Gasteiger partial charge in [0, 0.05) is 57.9 Å². The van der Waals surface area contributed by atoms with Crippen LogP contribution in [0.4, 0.5) is 0 Å². The van der Waals surface area contributed by atoms with Crippen LogP contribution in [0.2, 0.25) is 0 Å². The smallest absolute Gasteiger partial charge is 0.253 e. The Kier molecular flexibility index (Phi) is 8.89. The predicted octanol–water partition coefficient (Wildman–Crippen LogP) is 0.933. The number of rotatable bonds is 9. The molecular weight excluding hydrogens is 370 g/mol. The molecule has 1 aromatic carbocycles. The summed E-state index contributed by atoms with van der Waals surface area (Å²) in [5, 5.41) is 9.98. The fourth-order valence-electron chi connectivity index (χ4n) is 3.86. The number of amides is 1. The summed E-state index contributed by atoms with van der Waals surface area (Å²) < 4.78 is 11.4. The third-order valence-electron chi connectivity index (χ3n) is 5.68. The van der Waals surface area contributed by atoms with Crippen LogP contribution in [0.15, 0.2) is 30.3 Å². The second-order valence-corrected chi connectivity index (χ2v) is 7.89. The van der Waals surface area contributed by atoms with Crippen LogP contribution in [0.3, 0.4) is 0 Å². The molecule has 2 heterocycles. The van der Waals surface area contributed by atoms with Crippen molar-refractivity contribution in [3.63, 3.8) is 0 Å². The molecule has 1 aromatic rings. The molecule has 162 valence electrons. The molecule has 0 spiro atoms. The van der Waals surface area contributed by atoms with Gasteiger partial charge in [-0.3, -0.25) is 14.6 Å². The Morgan fingerprint density at radius 3 is 2.62 bits per heavy atom. The van der Waals surface area contributed by atoms with Gasteiger partial charge in [-0.05, 0) is 18.6 Å². The molecule has 0 aliphatic carbocycles. The maximum atomic E-state index is 13.2. The average molecular weight is 406 g/mol. The van der Waals surface area contributed by atoms with Gasteiger partial charge in [-0.2, -0.15) is 0 Å². The van der Waals surface area contributed by atoms with Crippen molar-refractivity contribution in [1.29, 1.82) is 0 Å². The standard InChI is InChI=1S/C22H35N3O4/c1-2-20(26)16-24-12-15-29-21(17-24)18-25(9-8-23-10-13-28-14-11-23)22(27)19-6-4-3-5-7-19/h3-7,20-21,26H,2,8-18H2,1H3. The van der Waals surface area contributed by atoms with E-state index in [2.05, 4.69) is 9.80 Å². The van der Waals surface area contributed by atoms with Gasteiger partial charge in [0.05, 0.1) is 32.0 Å². The Morgan fingerprint density at radius 2 is 1.90 bits per heavy atom. The van der Waals surface area contributed by atoms with Crippen molar-refractivity contribution in [2.75, 3.05) is 72.2 Å². The summed E-state index contributed by atoms with van der Waals surface area (Å²) >= 11 is 0. The fraction of sp³-hybridized carbons (Fsp3) is 0.682. The summed E-state index contributed by atoms with van der Waals surface area (Å²) in [6.07, 6.45) is 0.405. The zero-order valence-electron chi connectivity index (χ0n) is 17.5. The van der Waals surface area contributed by atoms with Crippen molar-refractivity contribution in [1.82, 2.24) is 14.7 Å². The molecule has 29 heavy (non-hydrogen) atoms. The maximum Gasteiger partial charge on any atom is 0.253 e. The van der Waals surface area contributed by atoms with Crippen LogP contribution in [0.25, 0.3) is 0 Å². The van der Waals surface area contributed by atoms with Crippen LogP contribution in [-0.4, -0.2) is 110 Å². The van der Waals surface area contributed by atoms with E-state index in [9.17, 15) is 9.90 Å². The molecule has 2 saturated heterocycles. The Labute approximate surface area is 174 Å². The molecule has 3 rings (SSSR count). The summed E-state index contributed by atoms with van der Waals surface area (Å²) in [6, 6.07) is 9.47. The second kappa shape index (κ2) is 11.6. The maximum absolute atomic E-state index is 13.2. The number of morpholine rings is 2. The monoisotopic (exact) mass is 405 g/mol. The molecule has 2 fully saturated rings. The number of nitrogens with zero attached hydrogens (tertiary/aromatic N) is 3. The summed E-state index contributed by atoms with van der Waals surface area (Å²) in [5.41, 5.74) is 0.712. The first-order valence-corrected chi connectivity index (χ1v) is 10.8. The Morgan fingerprint density at radius 1 is 1.17 bits per heavy atom. The van der Waals surface area contributed by atoms with Gasteiger partial charge in [-0.25, -0.2) is 0 Å². The summed E-state index contributed by atoms with van der Waals surface area (Å²) in [7, 11) is 0. The minimum atomic E-state index is -0.308. The summed E-state index contributed by atoms with van der Waals surface area (Å²) in [5.74, 6) is 0.0492. The van der Waals surface area contributed by atoms with Crippen molar-refractivity contribution in [3.05, 3.63) is 35.9 Å². The first-order valence-electron chi connectivity index (χ1n) is 10.8. The van der Waals surface area contributed by atoms with Crippen LogP contribution in [0.5, 0.6) is 0 Å². The van der Waals surface area contributed by atoms with Crippen LogP contribution in [-0.2, 0) is 9.47 Å². The van der Waals surface area contributed by atoms with E-state index in [0.717, 1.165) is 52.4 Å². The van der Waals surface area contributed by atoms with E-state index >= 15 is 0 Å². The number of β-amino-alcohol motifs (C(OH)–C–C–N with tert-alkyl or cyclic N) is 1. The topological polar surface area (TPSA) is 65.5 Å². The molecule has 0 bridgehead atoms. The zero-order valence-corrected chi connectivity index (χ0v) is 17.5. The molecule has 2 atom stereocenters. The number of benzene rings is 1. The van der Waals surface area contributed by atoms with E-state index in [-0.39, 0.29) is 18.1 Å². The summed E-state index contributed by atoms with van der Waals surface area (Å²) in [4.78, 5) is 19.7. The normalized spacial score (nSPS) is 22.3. The third kappa shape index (κ3) is 7.04. The number of aliphatic hydroxyl groups excluding tert-OH is 1. The summed E-state index contributed by atoms with van der Waals surface area (Å²) in [6.45, 7) is 10.3. The Hall–Kier alpha value is -1.51. The van der Waals surface area contributed by atoms with Crippen LogP contribution >= 0.6 is 0 Å². The van der Waals surface area contributed by atoms with E-state index in [1.807, 2.05) is 42.2 Å². The van der Waals surface area contributed by atoms with Crippen molar-refractivity contribution in [3.8, 4) is 0 Å². The third-order valence-corrected chi connectivity index (χ3v) is 5.68. The molecule has 0 saturated carbocycles. The lowest BCUT2D eigenvalue weighted by Gasteiger charge is -2.37. The van der Waals surface area contributed by atoms with Gasteiger partial charge < -0.3 is 19.5 Å². The lowest BCUT2D eigenvalue weighted by molar-refractivity contribution is -0.0516. The molecule has 2 aliphatic heterocycles. The largest absolute Gasteiger partial charge is 0.392 e. The first kappa shape index (κ1) is 22.2. The Balaban J connectivity index is 1.61. The number of hydrogen-bond donors (Lipinski definition) is 1. The molecule has 7 nitrogen and oxygen atoms in total. The van der Waals surface area contributed by atoms with Crippen LogP contribution in [0, 0.1) is 0 Å². The molecule has 1 N–H and O–H groups in total. The van der Waals surface area contributed by atoms with Crippen LogP contribution in [0.1, 0.15) is 23.7 Å². The molecule has 0 radical (unpaired) electrons. The van der Waals surface area contributed by atoms with E-state index in [4.69, 9.17) is 9.47 Å². The molecule has 1 amide bonds. The van der Waals surface area contributed by atoms with E-state index < -0.39 is 0 Å². The van der Waals surface area contributed by atoms with Gasteiger partial charge in [0.2, 0.25) is 0 Å². The van der Waals surface area contributed by atoms with Gasteiger partial charge in [-0.15, -0.1) is 0 Å². The molecular formula is C22H35N3O4. The van der Waals surface area contributed by atoms with E-state index in [0.29, 0.717) is 31.8 Å². The van der Waals surface area contributed by atoms with Gasteiger partial charge >= 0.3 is 0 Å². The molecule has 2 aliphatic rings. The van der Waals surface area contributed by atoms with Crippen molar-refractivity contribution in [2.45, 2.75) is 25.6 Å². The number of aliphatic hydroxyl groups is 1. The molecule has 0 aromatic heterocycles. The first-order chi connectivity index (χ1) is 14.2.